The summed E-state index contributed by atoms with van der Waals surface area (Å²) < 4.78 is 1.96. The van der Waals surface area contributed by atoms with E-state index in [9.17, 15) is 0 Å². The molecule has 3 fully saturated rings. The Kier molecular flexibility index (Phi) is 4.79. The Labute approximate surface area is 165 Å². The van der Waals surface area contributed by atoms with Gasteiger partial charge in [0.2, 0.25) is 0 Å². The molecule has 5 heterocycles. The lowest BCUT2D eigenvalue weighted by molar-refractivity contribution is 0.126. The number of piperidine rings is 1. The molecule has 2 bridgehead atoms. The van der Waals surface area contributed by atoms with Crippen LogP contribution in [0, 0.1) is 5.92 Å². The first kappa shape index (κ1) is 17.4. The molecule has 0 saturated carbocycles. The van der Waals surface area contributed by atoms with Crippen LogP contribution in [0.3, 0.4) is 0 Å². The second-order valence-corrected chi connectivity index (χ2v) is 8.02. The van der Waals surface area contributed by atoms with Gasteiger partial charge >= 0.3 is 0 Å². The zero-order valence-electron chi connectivity index (χ0n) is 16.1. The minimum atomic E-state index is 0.588. The Morgan fingerprint density at radius 3 is 2.50 bits per heavy atom. The van der Waals surface area contributed by atoms with E-state index < -0.39 is 0 Å². The molecule has 1 aromatic carbocycles. The summed E-state index contributed by atoms with van der Waals surface area (Å²) in [6.45, 7) is 5.17. The summed E-state index contributed by atoms with van der Waals surface area (Å²) in [4.78, 5) is 13.9. The fourth-order valence-electron chi connectivity index (χ4n) is 4.58. The highest BCUT2D eigenvalue weighted by molar-refractivity contribution is 5.36. The molecule has 3 aromatic rings. The highest BCUT2D eigenvalue weighted by Gasteiger charge is 2.35. The maximum absolute atomic E-state index is 4.53. The van der Waals surface area contributed by atoms with Gasteiger partial charge in [-0.3, -0.25) is 14.6 Å². The van der Waals surface area contributed by atoms with Crippen molar-refractivity contribution in [3.8, 4) is 0 Å². The topological polar surface area (TPSA) is 50.1 Å². The first-order valence-corrected chi connectivity index (χ1v) is 10.1. The zero-order chi connectivity index (χ0) is 18.8. The lowest BCUT2D eigenvalue weighted by Crippen LogP contribution is -2.43. The number of nitrogens with zero attached hydrogens (tertiary/aromatic N) is 6. The fraction of sp³-hybridized carbons (Fsp3) is 0.409. The van der Waals surface area contributed by atoms with E-state index in [4.69, 9.17) is 0 Å². The molecule has 3 aliphatic rings. The summed E-state index contributed by atoms with van der Waals surface area (Å²) in [7, 11) is 0. The van der Waals surface area contributed by atoms with Crippen molar-refractivity contribution >= 4 is 5.82 Å². The van der Waals surface area contributed by atoms with Crippen molar-refractivity contribution in [1.29, 1.82) is 0 Å². The molecule has 0 N–H and O–H groups in total. The molecule has 3 aliphatic heterocycles. The highest BCUT2D eigenvalue weighted by Crippen LogP contribution is 2.30. The van der Waals surface area contributed by atoms with E-state index in [0.29, 0.717) is 12.0 Å². The van der Waals surface area contributed by atoms with Crippen LogP contribution < -0.4 is 4.90 Å². The van der Waals surface area contributed by atoms with Crippen molar-refractivity contribution in [2.24, 2.45) is 5.92 Å². The van der Waals surface area contributed by atoms with E-state index in [1.807, 2.05) is 29.3 Å². The van der Waals surface area contributed by atoms with Gasteiger partial charge in [0, 0.05) is 57.0 Å². The predicted molar refractivity (Wildman–Crippen MR) is 109 cm³/mol. The lowest BCUT2D eigenvalue weighted by atomic mass is 9.94. The molecule has 28 heavy (non-hydrogen) atoms. The zero-order valence-corrected chi connectivity index (χ0v) is 16.1. The molecule has 6 rings (SSSR count). The Morgan fingerprint density at radius 1 is 0.893 bits per heavy atom. The first-order valence-electron chi connectivity index (χ1n) is 10.1. The number of hydrogen-bond donors (Lipinski definition) is 0. The number of fused-ring (bicyclic) bond motifs is 4. The third kappa shape index (κ3) is 3.78. The van der Waals surface area contributed by atoms with Gasteiger partial charge in [-0.15, -0.1) is 0 Å². The smallest absolute Gasteiger partial charge is 0.147 e. The summed E-state index contributed by atoms with van der Waals surface area (Å²) in [6.07, 6.45) is 11.9. The van der Waals surface area contributed by atoms with Crippen molar-refractivity contribution < 1.29 is 0 Å². The van der Waals surface area contributed by atoms with Crippen molar-refractivity contribution in [3.05, 3.63) is 72.4 Å². The SMILES string of the molecule is c1cnn(Cc2ccc(CN3C[C@H]4CC[C@@H]3CN(c3cnccn3)C4)cc2)c1. The fourth-order valence-corrected chi connectivity index (χ4v) is 4.58. The van der Waals surface area contributed by atoms with Crippen LogP contribution in [0.15, 0.2) is 61.3 Å². The lowest BCUT2D eigenvalue weighted by Gasteiger charge is -2.36. The van der Waals surface area contributed by atoms with Crippen LogP contribution in [-0.4, -0.2) is 50.3 Å². The Bertz CT molecular complexity index is 877. The monoisotopic (exact) mass is 374 g/mol. The molecule has 2 aromatic heterocycles. The van der Waals surface area contributed by atoms with Crippen LogP contribution in [0.5, 0.6) is 0 Å². The van der Waals surface area contributed by atoms with Crippen LogP contribution in [0.2, 0.25) is 0 Å². The van der Waals surface area contributed by atoms with Gasteiger partial charge in [0.25, 0.3) is 0 Å². The number of anilines is 1. The van der Waals surface area contributed by atoms with Gasteiger partial charge in [0.05, 0.1) is 12.7 Å². The van der Waals surface area contributed by atoms with Crippen molar-refractivity contribution in [2.45, 2.75) is 32.0 Å². The van der Waals surface area contributed by atoms with Gasteiger partial charge in [0.15, 0.2) is 0 Å². The molecule has 2 atom stereocenters. The molecular formula is C22H26N6. The molecule has 3 saturated heterocycles. The van der Waals surface area contributed by atoms with Crippen LogP contribution in [0.4, 0.5) is 5.82 Å². The average Bonchev–Trinajstić information content (AvgIpc) is 3.08. The predicted octanol–water partition coefficient (Wildman–Crippen LogP) is 2.82. The van der Waals surface area contributed by atoms with Crippen LogP contribution in [0.25, 0.3) is 0 Å². The summed E-state index contributed by atoms with van der Waals surface area (Å²) in [5.74, 6) is 1.73. The maximum atomic E-state index is 4.53. The Hall–Kier alpha value is -2.73. The van der Waals surface area contributed by atoms with E-state index in [1.165, 1.54) is 30.5 Å². The van der Waals surface area contributed by atoms with Crippen molar-refractivity contribution in [2.75, 3.05) is 24.5 Å². The van der Waals surface area contributed by atoms with E-state index >= 15 is 0 Å². The molecule has 144 valence electrons. The minimum absolute atomic E-state index is 0.588. The van der Waals surface area contributed by atoms with Gasteiger partial charge in [-0.25, -0.2) is 4.98 Å². The second kappa shape index (κ2) is 7.72. The van der Waals surface area contributed by atoms with Crippen LogP contribution >= 0.6 is 0 Å². The van der Waals surface area contributed by atoms with E-state index in [-0.39, 0.29) is 0 Å². The number of aromatic nitrogens is 4. The number of benzene rings is 1. The molecule has 6 nitrogen and oxygen atoms in total. The van der Waals surface area contributed by atoms with Gasteiger partial charge in [-0.05, 0) is 36.0 Å². The van der Waals surface area contributed by atoms with E-state index in [0.717, 1.165) is 32.0 Å². The van der Waals surface area contributed by atoms with E-state index in [2.05, 4.69) is 49.1 Å². The van der Waals surface area contributed by atoms with Crippen molar-refractivity contribution in [3.63, 3.8) is 0 Å². The average molecular weight is 374 g/mol. The van der Waals surface area contributed by atoms with Gasteiger partial charge in [-0.2, -0.15) is 5.10 Å². The van der Waals surface area contributed by atoms with Gasteiger partial charge < -0.3 is 4.90 Å². The van der Waals surface area contributed by atoms with E-state index in [1.54, 1.807) is 12.4 Å². The third-order valence-electron chi connectivity index (χ3n) is 6.01. The molecule has 0 unspecified atom stereocenters. The maximum Gasteiger partial charge on any atom is 0.147 e. The first-order chi connectivity index (χ1) is 13.8. The van der Waals surface area contributed by atoms with Gasteiger partial charge in [-0.1, -0.05) is 24.3 Å². The van der Waals surface area contributed by atoms with Crippen LogP contribution in [0.1, 0.15) is 24.0 Å². The minimum Gasteiger partial charge on any atom is -0.353 e. The van der Waals surface area contributed by atoms with Crippen LogP contribution in [-0.2, 0) is 13.1 Å². The summed E-state index contributed by atoms with van der Waals surface area (Å²) in [6, 6.07) is 11.6. The highest BCUT2D eigenvalue weighted by atomic mass is 15.3. The summed E-state index contributed by atoms with van der Waals surface area (Å²) >= 11 is 0. The number of rotatable bonds is 5. The molecule has 0 radical (unpaired) electrons. The Balaban J connectivity index is 1.26. The van der Waals surface area contributed by atoms with Crippen molar-refractivity contribution in [1.82, 2.24) is 24.6 Å². The second-order valence-electron chi connectivity index (χ2n) is 8.02. The summed E-state index contributed by atoms with van der Waals surface area (Å²) in [5, 5.41) is 4.29. The summed E-state index contributed by atoms with van der Waals surface area (Å²) in [5.41, 5.74) is 2.68. The third-order valence-corrected chi connectivity index (χ3v) is 6.01. The standard InChI is InChI=1S/C22H26N6/c1-8-25-28(11-1)16-19-4-2-18(3-5-19)13-26-14-20-6-7-21(26)17-27(15-20)22-12-23-9-10-24-22/h1-5,8-12,20-21H,6-7,13-17H2/t20-,21-/m1/s1. The quantitative estimate of drug-likeness (QED) is 0.687. The number of hydrogen-bond acceptors (Lipinski definition) is 5. The molecule has 0 amide bonds. The normalized spacial score (nSPS) is 22.4. The Morgan fingerprint density at radius 2 is 1.75 bits per heavy atom. The van der Waals surface area contributed by atoms with Gasteiger partial charge in [0.1, 0.15) is 5.82 Å². The molecule has 0 spiro atoms. The molecular weight excluding hydrogens is 348 g/mol. The molecule has 6 heteroatoms. The molecule has 0 aliphatic carbocycles. The largest absolute Gasteiger partial charge is 0.353 e.